The first-order valence-corrected chi connectivity index (χ1v) is 8.86. The molecule has 0 aliphatic rings. The van der Waals surface area contributed by atoms with E-state index in [-0.39, 0.29) is 0 Å². The van der Waals surface area contributed by atoms with Crippen LogP contribution in [0, 0.1) is 0 Å². The van der Waals surface area contributed by atoms with Crippen LogP contribution in [-0.2, 0) is 0 Å². The Morgan fingerprint density at radius 2 is 1.50 bits per heavy atom. The first-order valence-electron chi connectivity index (χ1n) is 4.74. The molecular weight excluding hydrogens is 335 g/mol. The number of azo groups is 1. The molecule has 0 bridgehead atoms. The van der Waals surface area contributed by atoms with E-state index in [4.69, 9.17) is 8.96 Å². The number of hydrogen-bond acceptors (Lipinski definition) is 2. The summed E-state index contributed by atoms with van der Waals surface area (Å²) in [5.41, 5.74) is 1.73. The summed E-state index contributed by atoms with van der Waals surface area (Å²) in [6, 6.07) is 17.5. The van der Waals surface area contributed by atoms with Crippen LogP contribution in [0.15, 0.2) is 64.8 Å². The molecule has 0 spiro atoms. The van der Waals surface area contributed by atoms with Gasteiger partial charge >= 0.3 is 109 Å². The number of benzene rings is 2. The molecule has 0 radical (unpaired) electrons. The van der Waals surface area contributed by atoms with Crippen molar-refractivity contribution < 1.29 is 0 Å². The molecule has 0 atom stereocenters. The van der Waals surface area contributed by atoms with Gasteiger partial charge in [-0.25, -0.2) is 0 Å². The molecule has 80 valence electrons. The van der Waals surface area contributed by atoms with Crippen molar-refractivity contribution in [3.05, 3.63) is 54.6 Å². The Kier molecular flexibility index (Phi) is 4.35. The van der Waals surface area contributed by atoms with E-state index in [1.807, 2.05) is 54.6 Å². The van der Waals surface area contributed by atoms with Crippen molar-refractivity contribution in [2.45, 2.75) is 0 Å². The van der Waals surface area contributed by atoms with Crippen molar-refractivity contribution in [2.24, 2.45) is 10.2 Å². The third kappa shape index (κ3) is 3.05. The Balaban J connectivity index is 2.24. The Morgan fingerprint density at radius 1 is 0.812 bits per heavy atom. The van der Waals surface area contributed by atoms with Crippen LogP contribution in [0.3, 0.4) is 0 Å². The van der Waals surface area contributed by atoms with Crippen LogP contribution in [-0.4, -0.2) is 19.8 Å². The molecule has 2 nitrogen and oxygen atoms in total. The zero-order chi connectivity index (χ0) is 11.2. The fourth-order valence-electron chi connectivity index (χ4n) is 1.21. The molecule has 0 unspecified atom stereocenters. The van der Waals surface area contributed by atoms with Crippen LogP contribution in [0.1, 0.15) is 0 Å². The van der Waals surface area contributed by atoms with E-state index >= 15 is 0 Å². The molecule has 0 saturated heterocycles. The maximum absolute atomic E-state index is 5.94. The summed E-state index contributed by atoms with van der Waals surface area (Å²) in [5, 5.41) is 8.39. The minimum absolute atomic E-state index is 0.645. The molecule has 2 aromatic carbocycles. The average Bonchev–Trinajstić information content (AvgIpc) is 2.38. The molecule has 2 rings (SSSR count). The average molecular weight is 344 g/mol. The van der Waals surface area contributed by atoms with Crippen molar-refractivity contribution in [3.63, 3.8) is 0 Å². The van der Waals surface area contributed by atoms with Gasteiger partial charge in [0.25, 0.3) is 0 Å². The molecule has 0 aromatic heterocycles. The van der Waals surface area contributed by atoms with E-state index in [0.29, 0.717) is 0 Å². The molecule has 0 aliphatic carbocycles. The molecular formula is C12H9ClN2Te. The summed E-state index contributed by atoms with van der Waals surface area (Å²) in [7, 11) is 5.94. The van der Waals surface area contributed by atoms with Gasteiger partial charge in [0, 0.05) is 0 Å². The van der Waals surface area contributed by atoms with Gasteiger partial charge < -0.3 is 0 Å². The van der Waals surface area contributed by atoms with Gasteiger partial charge in [-0.2, -0.15) is 0 Å². The van der Waals surface area contributed by atoms with E-state index in [1.165, 1.54) is 0 Å². The third-order valence-electron chi connectivity index (χ3n) is 1.98. The van der Waals surface area contributed by atoms with Crippen molar-refractivity contribution in [2.75, 3.05) is 0 Å². The predicted molar refractivity (Wildman–Crippen MR) is 68.3 cm³/mol. The molecule has 0 heterocycles. The SMILES string of the molecule is Cl[Te]c1ccccc1N=Nc1ccccc1. The van der Waals surface area contributed by atoms with Crippen LogP contribution in [0.25, 0.3) is 0 Å². The Morgan fingerprint density at radius 3 is 2.25 bits per heavy atom. The monoisotopic (exact) mass is 346 g/mol. The zero-order valence-corrected chi connectivity index (χ0v) is 11.5. The van der Waals surface area contributed by atoms with Crippen LogP contribution < -0.4 is 3.61 Å². The van der Waals surface area contributed by atoms with Gasteiger partial charge in [0.1, 0.15) is 0 Å². The van der Waals surface area contributed by atoms with Crippen LogP contribution in [0.5, 0.6) is 0 Å². The first-order chi connectivity index (χ1) is 7.90. The van der Waals surface area contributed by atoms with Crippen molar-refractivity contribution >= 4 is 43.8 Å². The summed E-state index contributed by atoms with van der Waals surface area (Å²) in [6.45, 7) is 0. The van der Waals surface area contributed by atoms with Crippen molar-refractivity contribution in [3.8, 4) is 0 Å². The summed E-state index contributed by atoms with van der Waals surface area (Å²) in [5.74, 6) is 0. The zero-order valence-electron chi connectivity index (χ0n) is 8.38. The Labute approximate surface area is 108 Å². The third-order valence-corrected chi connectivity index (χ3v) is 4.55. The fourth-order valence-corrected chi connectivity index (χ4v) is 2.99. The molecule has 0 aliphatic heterocycles. The summed E-state index contributed by atoms with van der Waals surface area (Å²) in [4.78, 5) is 0. The van der Waals surface area contributed by atoms with Gasteiger partial charge in [-0.1, -0.05) is 0 Å². The molecule has 0 N–H and O–H groups in total. The van der Waals surface area contributed by atoms with E-state index in [0.717, 1.165) is 15.0 Å². The molecule has 0 amide bonds. The standard InChI is InChI=1S/C12H9ClN2Te/c13-16-12-9-5-4-8-11(12)15-14-10-6-2-1-3-7-10/h1-9H. The van der Waals surface area contributed by atoms with Crippen LogP contribution >= 0.6 is 8.96 Å². The second kappa shape index (κ2) is 6.00. The number of rotatable bonds is 3. The Hall–Kier alpha value is -0.880. The minimum atomic E-state index is -0.645. The second-order valence-electron chi connectivity index (χ2n) is 3.08. The van der Waals surface area contributed by atoms with Gasteiger partial charge in [0.15, 0.2) is 0 Å². The van der Waals surface area contributed by atoms with E-state index in [2.05, 4.69) is 10.2 Å². The number of nitrogens with zero attached hydrogens (tertiary/aromatic N) is 2. The molecule has 16 heavy (non-hydrogen) atoms. The Bertz CT molecular complexity index is 485. The molecule has 2 aromatic rings. The van der Waals surface area contributed by atoms with Gasteiger partial charge in [0.05, 0.1) is 0 Å². The van der Waals surface area contributed by atoms with Gasteiger partial charge in [0.2, 0.25) is 0 Å². The fraction of sp³-hybridized carbons (Fsp3) is 0. The van der Waals surface area contributed by atoms with Gasteiger partial charge in [-0.15, -0.1) is 0 Å². The summed E-state index contributed by atoms with van der Waals surface area (Å²) < 4.78 is 1.12. The normalized spacial score (nSPS) is 10.8. The maximum atomic E-state index is 5.94. The van der Waals surface area contributed by atoms with Gasteiger partial charge in [-0.05, 0) is 0 Å². The topological polar surface area (TPSA) is 24.7 Å². The van der Waals surface area contributed by atoms with E-state index in [1.54, 1.807) is 0 Å². The molecule has 0 fully saturated rings. The van der Waals surface area contributed by atoms with E-state index in [9.17, 15) is 0 Å². The van der Waals surface area contributed by atoms with Gasteiger partial charge in [-0.3, -0.25) is 0 Å². The summed E-state index contributed by atoms with van der Waals surface area (Å²) in [6.07, 6.45) is 0. The van der Waals surface area contributed by atoms with Crippen molar-refractivity contribution in [1.29, 1.82) is 0 Å². The first kappa shape index (κ1) is 11.6. The predicted octanol–water partition coefficient (Wildman–Crippen LogP) is 3.59. The van der Waals surface area contributed by atoms with Crippen LogP contribution in [0.2, 0.25) is 0 Å². The number of halogens is 1. The molecule has 4 heteroatoms. The molecule has 0 saturated carbocycles. The second-order valence-corrected chi connectivity index (χ2v) is 5.81. The van der Waals surface area contributed by atoms with Crippen molar-refractivity contribution in [1.82, 2.24) is 0 Å². The quantitative estimate of drug-likeness (QED) is 0.601. The van der Waals surface area contributed by atoms with Crippen LogP contribution in [0.4, 0.5) is 11.4 Å². The number of hydrogen-bond donors (Lipinski definition) is 0. The summed E-state index contributed by atoms with van der Waals surface area (Å²) >= 11 is -0.645. The van der Waals surface area contributed by atoms with E-state index < -0.39 is 19.8 Å².